The van der Waals surface area contributed by atoms with Crippen LogP contribution in [0.15, 0.2) is 48.5 Å². The Balaban J connectivity index is 1.67. The molecule has 2 unspecified atom stereocenters. The number of ether oxygens (including phenoxy) is 2. The van der Waals surface area contributed by atoms with Gasteiger partial charge in [0, 0.05) is 5.92 Å². The first-order chi connectivity index (χ1) is 16.1. The Morgan fingerprint density at radius 3 is 1.94 bits per heavy atom. The van der Waals surface area contributed by atoms with Gasteiger partial charge in [0.2, 0.25) is 0 Å². The van der Waals surface area contributed by atoms with Crippen LogP contribution in [0.25, 0.3) is 11.1 Å². The van der Waals surface area contributed by atoms with E-state index >= 15 is 0 Å². The first-order valence-electron chi connectivity index (χ1n) is 11.4. The average Bonchev–Trinajstić information content (AvgIpc) is 3.08. The molecule has 0 heterocycles. The first kappa shape index (κ1) is 25.1. The third-order valence-electron chi connectivity index (χ3n) is 5.67. The van der Waals surface area contributed by atoms with Crippen molar-refractivity contribution in [1.82, 2.24) is 10.6 Å². The molecule has 2 amide bonds. The van der Waals surface area contributed by atoms with Crippen molar-refractivity contribution in [2.24, 2.45) is 0 Å². The number of alkyl carbamates (subject to hydrolysis) is 2. The van der Waals surface area contributed by atoms with Gasteiger partial charge in [-0.05, 0) is 49.4 Å². The summed E-state index contributed by atoms with van der Waals surface area (Å²) in [5, 5.41) is 14.6. The van der Waals surface area contributed by atoms with Crippen LogP contribution in [-0.2, 0) is 14.3 Å². The monoisotopic (exact) mass is 468 g/mol. The van der Waals surface area contributed by atoms with Crippen LogP contribution in [0.2, 0.25) is 0 Å². The maximum atomic E-state index is 12.7. The highest BCUT2D eigenvalue weighted by Gasteiger charge is 2.31. The van der Waals surface area contributed by atoms with E-state index in [0.717, 1.165) is 22.3 Å². The summed E-state index contributed by atoms with van der Waals surface area (Å²) in [5.41, 5.74) is 3.69. The zero-order valence-corrected chi connectivity index (χ0v) is 20.0. The van der Waals surface area contributed by atoms with Crippen molar-refractivity contribution in [3.05, 3.63) is 59.7 Å². The minimum absolute atomic E-state index is 0.107. The minimum Gasteiger partial charge on any atom is -0.481 e. The van der Waals surface area contributed by atoms with Gasteiger partial charge in [-0.3, -0.25) is 4.79 Å². The zero-order valence-electron chi connectivity index (χ0n) is 20.0. The van der Waals surface area contributed by atoms with Gasteiger partial charge in [0.15, 0.2) is 0 Å². The molecule has 0 fully saturated rings. The Bertz CT molecular complexity index is 1000. The van der Waals surface area contributed by atoms with Crippen LogP contribution in [-0.4, -0.2) is 47.6 Å². The first-order valence-corrected chi connectivity index (χ1v) is 11.4. The van der Waals surface area contributed by atoms with Crippen molar-refractivity contribution in [3.8, 4) is 11.1 Å². The second-order valence-corrected chi connectivity index (χ2v) is 9.34. The van der Waals surface area contributed by atoms with E-state index in [9.17, 15) is 19.5 Å². The summed E-state index contributed by atoms with van der Waals surface area (Å²) in [4.78, 5) is 36.3. The van der Waals surface area contributed by atoms with Gasteiger partial charge in [-0.2, -0.15) is 0 Å². The summed E-state index contributed by atoms with van der Waals surface area (Å²) in [7, 11) is 0. The van der Waals surface area contributed by atoms with E-state index in [0.29, 0.717) is 6.42 Å². The number of aliphatic carboxylic acids is 1. The second kappa shape index (κ2) is 10.6. The maximum absolute atomic E-state index is 12.7. The fraction of sp³-hybridized carbons (Fsp3) is 0.423. The molecule has 1 aliphatic carbocycles. The number of carbonyl (C=O) groups is 3. The molecule has 3 N–H and O–H groups in total. The number of nitrogens with one attached hydrogen (secondary N) is 2. The highest BCUT2D eigenvalue weighted by Crippen LogP contribution is 2.44. The molecule has 3 rings (SSSR count). The number of hydrogen-bond acceptors (Lipinski definition) is 5. The maximum Gasteiger partial charge on any atom is 0.407 e. The fourth-order valence-corrected chi connectivity index (χ4v) is 4.22. The van der Waals surface area contributed by atoms with E-state index in [-0.39, 0.29) is 18.9 Å². The molecule has 2 aromatic rings. The van der Waals surface area contributed by atoms with Crippen molar-refractivity contribution < 1.29 is 29.0 Å². The largest absolute Gasteiger partial charge is 0.481 e. The Hall–Kier alpha value is -3.55. The van der Waals surface area contributed by atoms with Crippen LogP contribution in [0.4, 0.5) is 9.59 Å². The van der Waals surface area contributed by atoms with Gasteiger partial charge in [-0.1, -0.05) is 55.5 Å². The van der Waals surface area contributed by atoms with E-state index in [2.05, 4.69) is 10.6 Å². The fourth-order valence-electron chi connectivity index (χ4n) is 4.22. The predicted molar refractivity (Wildman–Crippen MR) is 128 cm³/mol. The van der Waals surface area contributed by atoms with Gasteiger partial charge in [0.1, 0.15) is 12.2 Å². The molecular formula is C26H32N2O6. The summed E-state index contributed by atoms with van der Waals surface area (Å²) in [6.07, 6.45) is -1.40. The average molecular weight is 469 g/mol. The lowest BCUT2D eigenvalue weighted by Crippen LogP contribution is -2.53. The van der Waals surface area contributed by atoms with Gasteiger partial charge in [-0.25, -0.2) is 9.59 Å². The minimum atomic E-state index is -1.10. The normalized spacial score (nSPS) is 14.4. The molecule has 8 nitrogen and oxygen atoms in total. The summed E-state index contributed by atoms with van der Waals surface area (Å²) in [6, 6.07) is 14.5. The smallest absolute Gasteiger partial charge is 0.407 e. The third kappa shape index (κ3) is 6.27. The summed E-state index contributed by atoms with van der Waals surface area (Å²) in [6.45, 7) is 7.10. The van der Waals surface area contributed by atoms with Crippen LogP contribution < -0.4 is 10.6 Å². The van der Waals surface area contributed by atoms with E-state index in [4.69, 9.17) is 9.47 Å². The molecule has 0 aliphatic heterocycles. The third-order valence-corrected chi connectivity index (χ3v) is 5.67. The molecule has 0 saturated heterocycles. The number of fused-ring (bicyclic) bond motifs is 3. The highest BCUT2D eigenvalue weighted by atomic mass is 16.6. The molecule has 0 bridgehead atoms. The zero-order chi connectivity index (χ0) is 24.9. The summed E-state index contributed by atoms with van der Waals surface area (Å²) >= 11 is 0. The van der Waals surface area contributed by atoms with Crippen LogP contribution in [0, 0.1) is 0 Å². The highest BCUT2D eigenvalue weighted by molar-refractivity contribution is 5.79. The topological polar surface area (TPSA) is 114 Å². The standard InChI is InChI=1S/C26H32N2O6/c1-5-21(27-25(32)34-26(2,3)4)22(14-23(29)30)28-24(31)33-15-20-18-12-8-6-10-16(18)17-11-7-9-13-19(17)20/h6-13,20-22H,5,14-15H2,1-4H3,(H,27,32)(H,28,31)(H,29,30). The number of amides is 2. The van der Waals surface area contributed by atoms with Crippen molar-refractivity contribution in [2.45, 2.75) is 64.1 Å². The van der Waals surface area contributed by atoms with Gasteiger partial charge < -0.3 is 25.2 Å². The van der Waals surface area contributed by atoms with Crippen LogP contribution in [0.3, 0.4) is 0 Å². The van der Waals surface area contributed by atoms with Gasteiger partial charge in [0.25, 0.3) is 0 Å². The lowest BCUT2D eigenvalue weighted by Gasteiger charge is -2.28. The number of hydrogen-bond donors (Lipinski definition) is 3. The van der Waals surface area contributed by atoms with Crippen molar-refractivity contribution in [3.63, 3.8) is 0 Å². The van der Waals surface area contributed by atoms with Gasteiger partial charge in [-0.15, -0.1) is 0 Å². The number of rotatable bonds is 8. The summed E-state index contributed by atoms with van der Waals surface area (Å²) < 4.78 is 10.8. The molecular weight excluding hydrogens is 436 g/mol. The molecule has 8 heteroatoms. The number of carbonyl (C=O) groups excluding carboxylic acids is 2. The molecule has 0 spiro atoms. The SMILES string of the molecule is CCC(NC(=O)OC(C)(C)C)C(CC(=O)O)NC(=O)OCC1c2ccccc2-c2ccccc21. The Labute approximate surface area is 199 Å². The Morgan fingerprint density at radius 1 is 0.912 bits per heavy atom. The van der Waals surface area contributed by atoms with E-state index in [1.54, 1.807) is 27.7 Å². The Morgan fingerprint density at radius 2 is 1.44 bits per heavy atom. The quantitative estimate of drug-likeness (QED) is 0.519. The summed E-state index contributed by atoms with van der Waals surface area (Å²) in [5.74, 6) is -1.22. The van der Waals surface area contributed by atoms with Crippen LogP contribution in [0.1, 0.15) is 57.6 Å². The van der Waals surface area contributed by atoms with Crippen molar-refractivity contribution >= 4 is 18.2 Å². The number of carboxylic acids is 1. The van der Waals surface area contributed by atoms with E-state index < -0.39 is 35.8 Å². The van der Waals surface area contributed by atoms with Crippen molar-refractivity contribution in [2.75, 3.05) is 6.61 Å². The van der Waals surface area contributed by atoms with Crippen LogP contribution in [0.5, 0.6) is 0 Å². The molecule has 34 heavy (non-hydrogen) atoms. The molecule has 2 aromatic carbocycles. The second-order valence-electron chi connectivity index (χ2n) is 9.34. The molecule has 0 radical (unpaired) electrons. The van der Waals surface area contributed by atoms with E-state index in [1.165, 1.54) is 0 Å². The molecule has 0 aromatic heterocycles. The number of carboxylic acid groups (broad SMARTS) is 1. The van der Waals surface area contributed by atoms with Gasteiger partial charge in [0.05, 0.1) is 18.5 Å². The van der Waals surface area contributed by atoms with Gasteiger partial charge >= 0.3 is 18.2 Å². The molecule has 1 aliphatic rings. The molecule has 2 atom stereocenters. The number of benzene rings is 2. The lowest BCUT2D eigenvalue weighted by molar-refractivity contribution is -0.137. The van der Waals surface area contributed by atoms with Crippen LogP contribution >= 0.6 is 0 Å². The molecule has 0 saturated carbocycles. The van der Waals surface area contributed by atoms with E-state index in [1.807, 2.05) is 48.5 Å². The predicted octanol–water partition coefficient (Wildman–Crippen LogP) is 4.67. The van der Waals surface area contributed by atoms with Crippen molar-refractivity contribution in [1.29, 1.82) is 0 Å². The Kier molecular flexibility index (Phi) is 7.81. The molecule has 182 valence electrons. The lowest BCUT2D eigenvalue weighted by atomic mass is 9.98.